The van der Waals surface area contributed by atoms with Gasteiger partial charge in [-0.3, -0.25) is 9.78 Å². The number of rotatable bonds is 10. The largest absolute Gasteiger partial charge is 0.480 e. The fraction of sp³-hybridized carbons (Fsp3) is 0.444. The molecule has 2 unspecified atom stereocenters. The van der Waals surface area contributed by atoms with Gasteiger partial charge in [0.1, 0.15) is 6.04 Å². The molecule has 0 radical (unpaired) electrons. The molecule has 1 aromatic heterocycles. The fourth-order valence-corrected chi connectivity index (χ4v) is 3.20. The van der Waals surface area contributed by atoms with E-state index in [2.05, 4.69) is 18.1 Å². The summed E-state index contributed by atoms with van der Waals surface area (Å²) in [4.78, 5) is 14.4. The summed E-state index contributed by atoms with van der Waals surface area (Å²) in [5, 5.41) is 19.0. The highest BCUT2D eigenvalue weighted by Gasteiger charge is 2.55. The molecule has 5 nitrogen and oxygen atoms in total. The smallest absolute Gasteiger partial charge is 0.423 e. The number of carbonyl (C=O) groups is 1. The average molecular weight is 404 g/mol. The summed E-state index contributed by atoms with van der Waals surface area (Å²) in [6.45, 7) is 9.22. The normalized spacial score (nSPS) is 15.0. The first-order valence-corrected chi connectivity index (χ1v) is 9.22. The summed E-state index contributed by atoms with van der Waals surface area (Å²) in [6.07, 6.45) is -4.18. The molecule has 2 atom stereocenters. The number of alkyl halides is 3. The number of nitrogens with two attached hydrogens (primary N) is 1. The topological polar surface area (TPSA) is 96.4 Å². The summed E-state index contributed by atoms with van der Waals surface area (Å²) in [5.74, 6) is -0.931. The summed E-state index contributed by atoms with van der Waals surface area (Å²) in [5.41, 5.74) is 3.47. The number of aliphatic hydroxyl groups is 1. The zero-order chi connectivity index (χ0) is 20.8. The number of pyridine rings is 1. The van der Waals surface area contributed by atoms with E-state index in [1.807, 2.05) is 0 Å². The molecule has 0 saturated heterocycles. The van der Waals surface area contributed by atoms with Crippen LogP contribution in [0.4, 0.5) is 13.2 Å². The lowest BCUT2D eigenvalue weighted by molar-refractivity contribution is -0.268. The Morgan fingerprint density at radius 1 is 1.33 bits per heavy atom. The molecule has 0 fully saturated rings. The van der Waals surface area contributed by atoms with Crippen molar-refractivity contribution < 1.29 is 28.2 Å². The zero-order valence-electron chi connectivity index (χ0n) is 14.9. The molecule has 0 saturated carbocycles. The van der Waals surface area contributed by atoms with Gasteiger partial charge in [0.2, 0.25) is 5.60 Å². The van der Waals surface area contributed by atoms with Crippen molar-refractivity contribution in [3.05, 3.63) is 48.3 Å². The van der Waals surface area contributed by atoms with Gasteiger partial charge in [0.15, 0.2) is 0 Å². The Kier molecular flexibility index (Phi) is 8.06. The third kappa shape index (κ3) is 6.08. The fourth-order valence-electron chi connectivity index (χ4n) is 2.13. The molecule has 9 heteroatoms. The Morgan fingerprint density at radius 2 is 1.96 bits per heavy atom. The van der Waals surface area contributed by atoms with Gasteiger partial charge >= 0.3 is 12.1 Å². The van der Waals surface area contributed by atoms with Gasteiger partial charge < -0.3 is 15.9 Å². The van der Waals surface area contributed by atoms with Crippen molar-refractivity contribution in [1.29, 1.82) is 0 Å². The van der Waals surface area contributed by atoms with Gasteiger partial charge in [-0.05, 0) is 48.5 Å². The minimum Gasteiger partial charge on any atom is -0.480 e. The highest BCUT2D eigenvalue weighted by molar-refractivity contribution is 7.99. The SMILES string of the molecule is C=C(C)C(=C)c1ccc(C(O)(CCSCCC(N)C(=O)O)C(F)(F)F)nc1. The number of hydrogen-bond acceptors (Lipinski definition) is 5. The first kappa shape index (κ1) is 23.2. The Bertz CT molecular complexity index is 692. The number of carboxylic acids is 1. The van der Waals surface area contributed by atoms with Gasteiger partial charge in [0.05, 0.1) is 5.69 Å². The van der Waals surface area contributed by atoms with E-state index in [4.69, 9.17) is 10.8 Å². The summed E-state index contributed by atoms with van der Waals surface area (Å²) in [6, 6.07) is 1.48. The van der Waals surface area contributed by atoms with Crippen molar-refractivity contribution in [2.24, 2.45) is 5.73 Å². The molecule has 0 aliphatic rings. The van der Waals surface area contributed by atoms with Crippen LogP contribution in [0.1, 0.15) is 31.0 Å². The van der Waals surface area contributed by atoms with Crippen molar-refractivity contribution in [2.75, 3.05) is 11.5 Å². The van der Waals surface area contributed by atoms with Crippen LogP contribution in [-0.2, 0) is 10.4 Å². The molecular formula is C18H23F3N2O3S. The lowest BCUT2D eigenvalue weighted by Crippen LogP contribution is -2.43. The van der Waals surface area contributed by atoms with Gasteiger partial charge in [-0.25, -0.2) is 0 Å². The Labute approximate surface area is 160 Å². The molecule has 4 N–H and O–H groups in total. The molecule has 0 aliphatic carbocycles. The molecule has 0 aliphatic heterocycles. The number of thioether (sulfide) groups is 1. The van der Waals surface area contributed by atoms with Crippen LogP contribution in [0, 0.1) is 0 Å². The van der Waals surface area contributed by atoms with Crippen LogP contribution >= 0.6 is 11.8 Å². The standard InChI is InChI=1S/C18H23F3N2O3S/c1-11(2)12(3)13-4-5-15(23-10-13)17(26,18(19,20)21)7-9-27-8-6-14(22)16(24)25/h4-5,10,14,26H,1,3,6-9,22H2,2H3,(H,24,25). The molecule has 0 bridgehead atoms. The van der Waals surface area contributed by atoms with Gasteiger partial charge in [-0.1, -0.05) is 24.8 Å². The van der Waals surface area contributed by atoms with Crippen LogP contribution in [0.3, 0.4) is 0 Å². The minimum absolute atomic E-state index is 0.0374. The predicted octanol–water partition coefficient (Wildman–Crippen LogP) is 3.35. The first-order chi connectivity index (χ1) is 12.4. The van der Waals surface area contributed by atoms with Crippen molar-refractivity contribution in [1.82, 2.24) is 4.98 Å². The zero-order valence-corrected chi connectivity index (χ0v) is 15.7. The third-order valence-corrected chi connectivity index (χ3v) is 5.04. The van der Waals surface area contributed by atoms with E-state index in [-0.39, 0.29) is 17.9 Å². The third-order valence-electron chi connectivity index (χ3n) is 4.02. The number of halogens is 3. The first-order valence-electron chi connectivity index (χ1n) is 8.07. The van der Waals surface area contributed by atoms with Gasteiger partial charge in [0.25, 0.3) is 0 Å². The predicted molar refractivity (Wildman–Crippen MR) is 100 cm³/mol. The second kappa shape index (κ2) is 9.38. The molecule has 27 heavy (non-hydrogen) atoms. The van der Waals surface area contributed by atoms with Crippen molar-refractivity contribution in [2.45, 2.75) is 37.6 Å². The van der Waals surface area contributed by atoms with Crippen LogP contribution in [0.15, 0.2) is 37.1 Å². The maximum absolute atomic E-state index is 13.5. The number of carboxylic acid groups (broad SMARTS) is 1. The number of nitrogens with zero attached hydrogens (tertiary/aromatic N) is 1. The lowest BCUT2D eigenvalue weighted by atomic mass is 9.94. The summed E-state index contributed by atoms with van der Waals surface area (Å²) in [7, 11) is 0. The van der Waals surface area contributed by atoms with Crippen LogP contribution < -0.4 is 5.73 Å². The van der Waals surface area contributed by atoms with E-state index >= 15 is 0 Å². The second-order valence-electron chi connectivity index (χ2n) is 6.14. The van der Waals surface area contributed by atoms with Crippen LogP contribution in [-0.4, -0.2) is 44.9 Å². The number of allylic oxidation sites excluding steroid dienone is 2. The molecule has 0 amide bonds. The molecule has 1 aromatic rings. The lowest BCUT2D eigenvalue weighted by Gasteiger charge is -2.30. The number of aliphatic carboxylic acids is 1. The molecule has 150 valence electrons. The molecule has 1 rings (SSSR count). The van der Waals surface area contributed by atoms with Crippen LogP contribution in [0.25, 0.3) is 5.57 Å². The second-order valence-corrected chi connectivity index (χ2v) is 7.37. The van der Waals surface area contributed by atoms with Crippen molar-refractivity contribution >= 4 is 23.3 Å². The summed E-state index contributed by atoms with van der Waals surface area (Å²) >= 11 is 1.09. The molecule has 0 spiro atoms. The van der Waals surface area contributed by atoms with E-state index in [0.29, 0.717) is 16.7 Å². The highest BCUT2D eigenvalue weighted by Crippen LogP contribution is 2.41. The van der Waals surface area contributed by atoms with Crippen molar-refractivity contribution in [3.63, 3.8) is 0 Å². The van der Waals surface area contributed by atoms with Crippen LogP contribution in [0.2, 0.25) is 0 Å². The van der Waals surface area contributed by atoms with E-state index in [0.717, 1.165) is 17.8 Å². The minimum atomic E-state index is -4.91. The average Bonchev–Trinajstić information content (AvgIpc) is 2.59. The van der Waals surface area contributed by atoms with Gasteiger partial charge in [-0.15, -0.1) is 0 Å². The van der Waals surface area contributed by atoms with E-state index in [9.17, 15) is 23.1 Å². The van der Waals surface area contributed by atoms with Crippen molar-refractivity contribution in [3.8, 4) is 0 Å². The van der Waals surface area contributed by atoms with E-state index in [1.54, 1.807) is 6.92 Å². The maximum atomic E-state index is 13.5. The van der Waals surface area contributed by atoms with Gasteiger partial charge in [-0.2, -0.15) is 24.9 Å². The molecular weight excluding hydrogens is 381 g/mol. The van der Waals surface area contributed by atoms with E-state index < -0.39 is 35.9 Å². The monoisotopic (exact) mass is 404 g/mol. The Hall–Kier alpha value is -1.84. The number of hydrogen-bond donors (Lipinski definition) is 3. The highest BCUT2D eigenvalue weighted by atomic mass is 32.2. The maximum Gasteiger partial charge on any atom is 0.423 e. The van der Waals surface area contributed by atoms with E-state index in [1.165, 1.54) is 12.3 Å². The molecule has 1 heterocycles. The van der Waals surface area contributed by atoms with Gasteiger partial charge in [0, 0.05) is 6.20 Å². The quantitative estimate of drug-likeness (QED) is 0.409. The number of aromatic nitrogens is 1. The molecule has 0 aromatic carbocycles. The van der Waals surface area contributed by atoms with Crippen LogP contribution in [0.5, 0.6) is 0 Å². The Morgan fingerprint density at radius 3 is 2.41 bits per heavy atom. The summed E-state index contributed by atoms with van der Waals surface area (Å²) < 4.78 is 40.5. The Balaban J connectivity index is 2.84.